The summed E-state index contributed by atoms with van der Waals surface area (Å²) >= 11 is 0. The van der Waals surface area contributed by atoms with Crippen molar-refractivity contribution >= 4 is 17.4 Å². The molecule has 1 rings (SSSR count). The summed E-state index contributed by atoms with van der Waals surface area (Å²) in [6.45, 7) is 5.56. The molecule has 0 aliphatic carbocycles. The number of carbonyl (C=O) groups excluding carboxylic acids is 1. The van der Waals surface area contributed by atoms with Crippen LogP contribution in [0.3, 0.4) is 0 Å². The highest BCUT2D eigenvalue weighted by molar-refractivity contribution is 5.94. The summed E-state index contributed by atoms with van der Waals surface area (Å²) in [6.07, 6.45) is 1.54. The van der Waals surface area contributed by atoms with E-state index in [0.29, 0.717) is 11.5 Å². The zero-order valence-corrected chi connectivity index (χ0v) is 8.66. The molecule has 0 aliphatic heterocycles. The Morgan fingerprint density at radius 2 is 2.07 bits per heavy atom. The van der Waals surface area contributed by atoms with Crippen LogP contribution in [0.1, 0.15) is 20.8 Å². The maximum Gasteiger partial charge on any atom is 0.229 e. The summed E-state index contributed by atoms with van der Waals surface area (Å²) in [7, 11) is 0. The molecule has 76 valence electrons. The van der Waals surface area contributed by atoms with E-state index in [1.807, 2.05) is 20.8 Å². The Balaban J connectivity index is 2.71. The van der Waals surface area contributed by atoms with E-state index in [1.165, 1.54) is 0 Å². The highest BCUT2D eigenvalue weighted by Crippen LogP contribution is 2.16. The summed E-state index contributed by atoms with van der Waals surface area (Å²) in [5.74, 6) is 0.405. The molecule has 0 bridgehead atoms. The van der Waals surface area contributed by atoms with Crippen LogP contribution in [0.5, 0.6) is 0 Å². The summed E-state index contributed by atoms with van der Waals surface area (Å²) < 4.78 is 0. The average Bonchev–Trinajstić information content (AvgIpc) is 2.07. The second-order valence-corrected chi connectivity index (χ2v) is 4.18. The monoisotopic (exact) mass is 193 g/mol. The fourth-order valence-corrected chi connectivity index (χ4v) is 0.798. The van der Waals surface area contributed by atoms with E-state index in [9.17, 15) is 4.79 Å². The van der Waals surface area contributed by atoms with Crippen LogP contribution in [-0.4, -0.2) is 10.9 Å². The molecule has 0 atom stereocenters. The Morgan fingerprint density at radius 3 is 2.50 bits per heavy atom. The molecule has 4 heteroatoms. The lowest BCUT2D eigenvalue weighted by Crippen LogP contribution is -2.27. The van der Waals surface area contributed by atoms with E-state index in [4.69, 9.17) is 5.73 Å². The first-order valence-electron chi connectivity index (χ1n) is 4.42. The normalized spacial score (nSPS) is 11.1. The highest BCUT2D eigenvalue weighted by Gasteiger charge is 2.20. The van der Waals surface area contributed by atoms with E-state index >= 15 is 0 Å². The third kappa shape index (κ3) is 2.73. The first kappa shape index (κ1) is 10.5. The van der Waals surface area contributed by atoms with Crippen molar-refractivity contribution < 1.29 is 4.79 Å². The van der Waals surface area contributed by atoms with Gasteiger partial charge in [0.25, 0.3) is 0 Å². The van der Waals surface area contributed by atoms with Crippen molar-refractivity contribution in [1.82, 2.24) is 4.98 Å². The van der Waals surface area contributed by atoms with Crippen LogP contribution < -0.4 is 11.1 Å². The molecule has 0 spiro atoms. The number of aromatic nitrogens is 1. The summed E-state index contributed by atoms with van der Waals surface area (Å²) in [6, 6.07) is 3.38. The number of nitrogens with two attached hydrogens (primary N) is 1. The number of hydrogen-bond acceptors (Lipinski definition) is 3. The topological polar surface area (TPSA) is 68.0 Å². The standard InChI is InChI=1S/C10H15N3O/c1-10(2,3)9(14)13-7-4-5-8(11)12-6-7/h4-6H,1-3H3,(H2,11,12)(H,13,14). The van der Waals surface area contributed by atoms with Crippen molar-refractivity contribution in [3.8, 4) is 0 Å². The molecule has 0 aliphatic rings. The zero-order chi connectivity index (χ0) is 10.8. The van der Waals surface area contributed by atoms with Crippen molar-refractivity contribution in [3.63, 3.8) is 0 Å². The van der Waals surface area contributed by atoms with E-state index in [0.717, 1.165) is 0 Å². The average molecular weight is 193 g/mol. The number of nitrogen functional groups attached to an aromatic ring is 1. The maximum absolute atomic E-state index is 11.5. The minimum atomic E-state index is -0.401. The number of carbonyl (C=O) groups is 1. The zero-order valence-electron chi connectivity index (χ0n) is 8.66. The van der Waals surface area contributed by atoms with Gasteiger partial charge >= 0.3 is 0 Å². The molecular formula is C10H15N3O. The van der Waals surface area contributed by atoms with Gasteiger partial charge in [0.1, 0.15) is 5.82 Å². The second kappa shape index (κ2) is 3.65. The van der Waals surface area contributed by atoms with Crippen LogP contribution in [0.4, 0.5) is 11.5 Å². The Hall–Kier alpha value is -1.58. The van der Waals surface area contributed by atoms with Crippen LogP contribution >= 0.6 is 0 Å². The second-order valence-electron chi connectivity index (χ2n) is 4.18. The highest BCUT2D eigenvalue weighted by atomic mass is 16.2. The number of hydrogen-bond donors (Lipinski definition) is 2. The fraction of sp³-hybridized carbons (Fsp3) is 0.400. The summed E-state index contributed by atoms with van der Waals surface area (Å²) in [4.78, 5) is 15.4. The first-order chi connectivity index (χ1) is 6.39. The molecule has 4 nitrogen and oxygen atoms in total. The van der Waals surface area contributed by atoms with Crippen molar-refractivity contribution in [3.05, 3.63) is 18.3 Å². The molecule has 1 heterocycles. The van der Waals surface area contributed by atoms with Crippen molar-refractivity contribution in [1.29, 1.82) is 0 Å². The van der Waals surface area contributed by atoms with E-state index in [1.54, 1.807) is 18.3 Å². The fourth-order valence-electron chi connectivity index (χ4n) is 0.798. The van der Waals surface area contributed by atoms with Gasteiger partial charge in [0.2, 0.25) is 5.91 Å². The molecule has 14 heavy (non-hydrogen) atoms. The van der Waals surface area contributed by atoms with Gasteiger partial charge in [-0.3, -0.25) is 4.79 Å². The van der Waals surface area contributed by atoms with Crippen LogP contribution in [0.25, 0.3) is 0 Å². The minimum absolute atomic E-state index is 0.0379. The maximum atomic E-state index is 11.5. The van der Waals surface area contributed by atoms with E-state index in [-0.39, 0.29) is 5.91 Å². The van der Waals surface area contributed by atoms with Gasteiger partial charge in [-0.15, -0.1) is 0 Å². The SMILES string of the molecule is CC(C)(C)C(=O)Nc1ccc(N)nc1. The molecule has 1 amide bonds. The molecule has 0 fully saturated rings. The van der Waals surface area contributed by atoms with Gasteiger partial charge in [0.15, 0.2) is 0 Å². The molecular weight excluding hydrogens is 178 g/mol. The number of nitrogens with zero attached hydrogens (tertiary/aromatic N) is 1. The van der Waals surface area contributed by atoms with Gasteiger partial charge in [0.05, 0.1) is 11.9 Å². The van der Waals surface area contributed by atoms with Gasteiger partial charge in [-0.25, -0.2) is 4.98 Å². The lowest BCUT2D eigenvalue weighted by Gasteiger charge is -2.17. The quantitative estimate of drug-likeness (QED) is 0.712. The minimum Gasteiger partial charge on any atom is -0.384 e. The van der Waals surface area contributed by atoms with Gasteiger partial charge in [-0.05, 0) is 12.1 Å². The van der Waals surface area contributed by atoms with Gasteiger partial charge in [-0.1, -0.05) is 20.8 Å². The van der Waals surface area contributed by atoms with Crippen LogP contribution in [-0.2, 0) is 4.79 Å². The first-order valence-corrected chi connectivity index (χ1v) is 4.42. The predicted molar refractivity (Wildman–Crippen MR) is 56.7 cm³/mol. The van der Waals surface area contributed by atoms with Crippen molar-refractivity contribution in [2.75, 3.05) is 11.1 Å². The molecule has 0 saturated heterocycles. The number of nitrogens with one attached hydrogen (secondary N) is 1. The van der Waals surface area contributed by atoms with Crippen LogP contribution in [0.15, 0.2) is 18.3 Å². The molecule has 1 aromatic heterocycles. The van der Waals surface area contributed by atoms with E-state index < -0.39 is 5.41 Å². The number of rotatable bonds is 1. The summed E-state index contributed by atoms with van der Waals surface area (Å²) in [5, 5.41) is 2.75. The molecule has 0 radical (unpaired) electrons. The molecule has 0 saturated carbocycles. The Labute approximate surface area is 83.5 Å². The molecule has 0 aromatic carbocycles. The lowest BCUT2D eigenvalue weighted by molar-refractivity contribution is -0.123. The van der Waals surface area contributed by atoms with E-state index in [2.05, 4.69) is 10.3 Å². The van der Waals surface area contributed by atoms with Gasteiger partial charge < -0.3 is 11.1 Å². The lowest BCUT2D eigenvalue weighted by atomic mass is 9.96. The molecule has 1 aromatic rings. The largest absolute Gasteiger partial charge is 0.384 e. The van der Waals surface area contributed by atoms with Crippen LogP contribution in [0, 0.1) is 5.41 Å². The molecule has 0 unspecified atom stereocenters. The van der Waals surface area contributed by atoms with Crippen molar-refractivity contribution in [2.24, 2.45) is 5.41 Å². The number of pyridine rings is 1. The Morgan fingerprint density at radius 1 is 1.43 bits per heavy atom. The van der Waals surface area contributed by atoms with Gasteiger partial charge in [0, 0.05) is 5.41 Å². The third-order valence-corrected chi connectivity index (χ3v) is 1.73. The van der Waals surface area contributed by atoms with Gasteiger partial charge in [-0.2, -0.15) is 0 Å². The van der Waals surface area contributed by atoms with Crippen LogP contribution in [0.2, 0.25) is 0 Å². The summed E-state index contributed by atoms with van der Waals surface area (Å²) in [5.41, 5.74) is 5.68. The Kier molecular flexibility index (Phi) is 2.74. The number of amides is 1. The van der Waals surface area contributed by atoms with Crippen molar-refractivity contribution in [2.45, 2.75) is 20.8 Å². The predicted octanol–water partition coefficient (Wildman–Crippen LogP) is 1.65. The third-order valence-electron chi connectivity index (χ3n) is 1.73. The number of anilines is 2. The smallest absolute Gasteiger partial charge is 0.229 e. The Bertz CT molecular complexity index is 324. The molecule has 3 N–H and O–H groups in total.